The van der Waals surface area contributed by atoms with Gasteiger partial charge in [0.05, 0.1) is 10.8 Å². The molecule has 0 aromatic rings. The van der Waals surface area contributed by atoms with Gasteiger partial charge in [0.1, 0.15) is 4.33 Å². The fourth-order valence-electron chi connectivity index (χ4n) is 9.25. The summed E-state index contributed by atoms with van der Waals surface area (Å²) in [5.74, 6) is 5.70. The van der Waals surface area contributed by atoms with Crippen LogP contribution in [0.25, 0.3) is 0 Å². The molecule has 5 rings (SSSR count). The molecule has 0 aliphatic heterocycles. The zero-order valence-corrected chi connectivity index (χ0v) is 22.2. The fraction of sp³-hybridized carbons (Fsp3) is 0.966. The predicted molar refractivity (Wildman–Crippen MR) is 135 cm³/mol. The molecular weight excluding hydrogens is 435 g/mol. The maximum atomic E-state index is 13.9. The molecule has 0 heterocycles. The number of carbonyl (C=O) groups is 1. The first-order valence-electron chi connectivity index (χ1n) is 14.3. The first-order chi connectivity index (χ1) is 15.3. The molecule has 0 unspecified atom stereocenters. The van der Waals surface area contributed by atoms with Crippen molar-refractivity contribution in [3.8, 4) is 0 Å². The molecule has 0 bridgehead atoms. The minimum atomic E-state index is -0.825. The number of rotatable bonds is 3. The SMILES string of the molecule is CCC1CCC(C2CC[C@]3(CC2)C(=O)[C@@]2(CC[C@@H](C4CCC(C)CC4)CC2)C3(Cl)Cl)CC1. The third-order valence-electron chi connectivity index (χ3n) is 11.7. The summed E-state index contributed by atoms with van der Waals surface area (Å²) in [6, 6.07) is 0. The average molecular weight is 482 g/mol. The number of hydrogen-bond donors (Lipinski definition) is 0. The van der Waals surface area contributed by atoms with Crippen LogP contribution in [0.15, 0.2) is 0 Å². The number of halogens is 2. The highest BCUT2D eigenvalue weighted by Crippen LogP contribution is 2.75. The van der Waals surface area contributed by atoms with Crippen LogP contribution in [0, 0.1) is 46.3 Å². The molecule has 5 fully saturated rings. The third-order valence-corrected chi connectivity index (χ3v) is 13.1. The fourth-order valence-corrected chi connectivity index (χ4v) is 10.4. The molecule has 32 heavy (non-hydrogen) atoms. The Morgan fingerprint density at radius 2 is 1.03 bits per heavy atom. The molecule has 5 aliphatic carbocycles. The molecule has 5 saturated carbocycles. The Morgan fingerprint density at radius 1 is 0.656 bits per heavy atom. The van der Waals surface area contributed by atoms with E-state index in [1.54, 1.807) is 0 Å². The summed E-state index contributed by atoms with van der Waals surface area (Å²) in [7, 11) is 0. The first kappa shape index (κ1) is 24.0. The quantitative estimate of drug-likeness (QED) is 0.367. The molecule has 0 amide bonds. The largest absolute Gasteiger partial charge is 0.298 e. The molecule has 0 N–H and O–H groups in total. The summed E-state index contributed by atoms with van der Waals surface area (Å²) in [4.78, 5) is 13.9. The lowest BCUT2D eigenvalue weighted by molar-refractivity contribution is -0.173. The molecule has 0 aromatic heterocycles. The van der Waals surface area contributed by atoms with Crippen molar-refractivity contribution < 1.29 is 4.79 Å². The van der Waals surface area contributed by atoms with E-state index in [1.165, 1.54) is 83.5 Å². The van der Waals surface area contributed by atoms with Gasteiger partial charge in [-0.2, -0.15) is 0 Å². The van der Waals surface area contributed by atoms with E-state index >= 15 is 0 Å². The molecule has 0 aromatic carbocycles. The van der Waals surface area contributed by atoms with Crippen molar-refractivity contribution >= 4 is 29.0 Å². The number of ketones is 1. The molecule has 5 aliphatic rings. The summed E-state index contributed by atoms with van der Waals surface area (Å²) in [5, 5.41) is 0. The zero-order chi connectivity index (χ0) is 22.6. The van der Waals surface area contributed by atoms with Gasteiger partial charge in [0.2, 0.25) is 0 Å². The lowest BCUT2D eigenvalue weighted by Crippen LogP contribution is -2.74. The monoisotopic (exact) mass is 480 g/mol. The molecule has 0 saturated heterocycles. The smallest absolute Gasteiger partial charge is 0.151 e. The Hall–Kier alpha value is 0.250. The number of hydrogen-bond acceptors (Lipinski definition) is 1. The summed E-state index contributed by atoms with van der Waals surface area (Å²) < 4.78 is -0.825. The summed E-state index contributed by atoms with van der Waals surface area (Å²) in [6.45, 7) is 4.75. The van der Waals surface area contributed by atoms with Gasteiger partial charge in [-0.05, 0) is 113 Å². The van der Waals surface area contributed by atoms with Crippen LogP contribution < -0.4 is 0 Å². The molecule has 0 radical (unpaired) electrons. The Bertz CT molecular complexity index is 667. The standard InChI is InChI=1S/C29H46Cl2O/c1-3-21-6-10-23(11-7-21)25-14-18-28(19-15-25)26(32)27(29(28,30)31)16-12-24(13-17-27)22-8-4-20(2)5-9-22/h20-25H,3-19H2,1-2H3/t20?,21?,22?,23?,24-,25?,27+,28-. The lowest BCUT2D eigenvalue weighted by Gasteiger charge is -2.67. The second kappa shape index (κ2) is 9.04. The maximum Gasteiger partial charge on any atom is 0.151 e. The topological polar surface area (TPSA) is 17.1 Å². The van der Waals surface area contributed by atoms with E-state index in [0.29, 0.717) is 5.78 Å². The van der Waals surface area contributed by atoms with Crippen LogP contribution in [0.4, 0.5) is 0 Å². The van der Waals surface area contributed by atoms with E-state index in [2.05, 4.69) is 13.8 Å². The highest BCUT2D eigenvalue weighted by molar-refractivity contribution is 6.55. The number of Topliss-reactive ketones (excluding diaryl/α,β-unsaturated/α-hetero) is 1. The van der Waals surface area contributed by atoms with Gasteiger partial charge in [-0.15, -0.1) is 0 Å². The third kappa shape index (κ3) is 3.65. The Morgan fingerprint density at radius 3 is 1.41 bits per heavy atom. The van der Waals surface area contributed by atoms with Crippen molar-refractivity contribution in [3.05, 3.63) is 0 Å². The number of carbonyl (C=O) groups excluding carboxylic acids is 1. The van der Waals surface area contributed by atoms with Gasteiger partial charge in [0.25, 0.3) is 0 Å². The Kier molecular flexibility index (Phi) is 6.77. The van der Waals surface area contributed by atoms with E-state index in [9.17, 15) is 4.79 Å². The normalized spacial score (nSPS) is 49.2. The van der Waals surface area contributed by atoms with Gasteiger partial charge in [-0.25, -0.2) is 0 Å². The minimum absolute atomic E-state index is 0.430. The zero-order valence-electron chi connectivity index (χ0n) is 20.6. The van der Waals surface area contributed by atoms with Crippen LogP contribution in [-0.2, 0) is 4.79 Å². The molecule has 0 atom stereocenters. The maximum absolute atomic E-state index is 13.9. The second-order valence-corrected chi connectivity index (χ2v) is 14.3. The van der Waals surface area contributed by atoms with Gasteiger partial charge in [-0.3, -0.25) is 4.79 Å². The van der Waals surface area contributed by atoms with Crippen LogP contribution in [0.3, 0.4) is 0 Å². The van der Waals surface area contributed by atoms with Gasteiger partial charge >= 0.3 is 0 Å². The molecule has 3 heteroatoms. The first-order valence-corrected chi connectivity index (χ1v) is 15.0. The van der Waals surface area contributed by atoms with Crippen molar-refractivity contribution in [1.82, 2.24) is 0 Å². The summed E-state index contributed by atoms with van der Waals surface area (Å²) >= 11 is 14.5. The molecule has 182 valence electrons. The van der Waals surface area contributed by atoms with Crippen LogP contribution in [0.2, 0.25) is 0 Å². The van der Waals surface area contributed by atoms with E-state index in [-0.39, 0.29) is 0 Å². The van der Waals surface area contributed by atoms with E-state index < -0.39 is 15.2 Å². The van der Waals surface area contributed by atoms with Gasteiger partial charge in [-0.1, -0.05) is 69.2 Å². The molecule has 1 nitrogen and oxygen atoms in total. The summed E-state index contributed by atoms with van der Waals surface area (Å²) in [6.07, 6.45) is 21.0. The Labute approximate surface area is 207 Å². The number of alkyl halides is 2. The average Bonchev–Trinajstić information content (AvgIpc) is 2.84. The Balaban J connectivity index is 1.18. The molecular formula is C29H46Cl2O. The minimum Gasteiger partial charge on any atom is -0.298 e. The van der Waals surface area contributed by atoms with Crippen LogP contribution in [-0.4, -0.2) is 10.1 Å². The molecule has 2 spiro atoms. The van der Waals surface area contributed by atoms with Gasteiger partial charge < -0.3 is 0 Å². The van der Waals surface area contributed by atoms with Crippen molar-refractivity contribution in [2.75, 3.05) is 0 Å². The van der Waals surface area contributed by atoms with Crippen molar-refractivity contribution in [2.24, 2.45) is 46.3 Å². The van der Waals surface area contributed by atoms with E-state index in [1.807, 2.05) is 0 Å². The van der Waals surface area contributed by atoms with Crippen LogP contribution in [0.1, 0.15) is 123 Å². The van der Waals surface area contributed by atoms with Crippen molar-refractivity contribution in [3.63, 3.8) is 0 Å². The summed E-state index contributed by atoms with van der Waals surface area (Å²) in [5.41, 5.74) is -0.860. The van der Waals surface area contributed by atoms with Crippen molar-refractivity contribution in [2.45, 2.75) is 127 Å². The van der Waals surface area contributed by atoms with Gasteiger partial charge in [0.15, 0.2) is 5.78 Å². The van der Waals surface area contributed by atoms with Crippen molar-refractivity contribution in [1.29, 1.82) is 0 Å². The highest BCUT2D eigenvalue weighted by atomic mass is 35.5. The highest BCUT2D eigenvalue weighted by Gasteiger charge is 2.79. The van der Waals surface area contributed by atoms with Crippen LogP contribution in [0.5, 0.6) is 0 Å². The lowest BCUT2D eigenvalue weighted by atomic mass is 9.41. The predicted octanol–water partition coefficient (Wildman–Crippen LogP) is 9.14. The van der Waals surface area contributed by atoms with E-state index in [4.69, 9.17) is 23.2 Å². The van der Waals surface area contributed by atoms with Gasteiger partial charge in [0, 0.05) is 0 Å². The second-order valence-electron chi connectivity index (χ2n) is 13.0. The van der Waals surface area contributed by atoms with E-state index in [0.717, 1.165) is 61.2 Å². The van der Waals surface area contributed by atoms with Crippen LogP contribution >= 0.6 is 23.2 Å².